The Morgan fingerprint density at radius 3 is 2.78 bits per heavy atom. The fourth-order valence-electron chi connectivity index (χ4n) is 2.13. The molecule has 0 aliphatic heterocycles. The minimum atomic E-state index is 0.623. The van der Waals surface area contributed by atoms with E-state index >= 15 is 0 Å². The molecular formula is C14H23BrN2O. The third kappa shape index (κ3) is 4.96. The van der Waals surface area contributed by atoms with Crippen LogP contribution in [0.15, 0.2) is 22.7 Å². The van der Waals surface area contributed by atoms with Crippen molar-refractivity contribution in [3.05, 3.63) is 28.2 Å². The molecule has 1 aromatic carbocycles. The van der Waals surface area contributed by atoms with Crippen molar-refractivity contribution in [3.8, 4) is 5.75 Å². The number of halogens is 1. The molecule has 2 N–H and O–H groups in total. The summed E-state index contributed by atoms with van der Waals surface area (Å²) in [6, 6.07) is 6.11. The Bertz CT molecular complexity index is 371. The normalized spacial score (nSPS) is 12.8. The SMILES string of the molecule is COc1ccc(Br)cc1CN(C)CC(C)CCN. The van der Waals surface area contributed by atoms with Gasteiger partial charge >= 0.3 is 0 Å². The van der Waals surface area contributed by atoms with Gasteiger partial charge in [-0.1, -0.05) is 22.9 Å². The zero-order valence-corrected chi connectivity index (χ0v) is 13.0. The molecule has 0 aliphatic rings. The molecule has 0 radical (unpaired) electrons. The summed E-state index contributed by atoms with van der Waals surface area (Å²) in [4.78, 5) is 2.31. The summed E-state index contributed by atoms with van der Waals surface area (Å²) in [6.45, 7) is 4.93. The molecule has 0 amide bonds. The fraction of sp³-hybridized carbons (Fsp3) is 0.571. The summed E-state index contributed by atoms with van der Waals surface area (Å²) in [5, 5.41) is 0. The third-order valence-electron chi connectivity index (χ3n) is 2.97. The Kier molecular flexibility index (Phi) is 6.68. The van der Waals surface area contributed by atoms with Crippen molar-refractivity contribution in [3.63, 3.8) is 0 Å². The van der Waals surface area contributed by atoms with Gasteiger partial charge in [0.25, 0.3) is 0 Å². The van der Waals surface area contributed by atoms with Gasteiger partial charge in [0.1, 0.15) is 5.75 Å². The molecule has 3 nitrogen and oxygen atoms in total. The minimum Gasteiger partial charge on any atom is -0.496 e. The van der Waals surface area contributed by atoms with E-state index < -0.39 is 0 Å². The van der Waals surface area contributed by atoms with Gasteiger partial charge in [0.15, 0.2) is 0 Å². The second-order valence-corrected chi connectivity index (χ2v) is 5.75. The molecule has 1 aromatic rings. The zero-order chi connectivity index (χ0) is 13.5. The highest BCUT2D eigenvalue weighted by atomic mass is 79.9. The molecule has 18 heavy (non-hydrogen) atoms. The van der Waals surface area contributed by atoms with Crippen LogP contribution < -0.4 is 10.5 Å². The van der Waals surface area contributed by atoms with Crippen molar-refractivity contribution in [2.45, 2.75) is 19.9 Å². The summed E-state index contributed by atoms with van der Waals surface area (Å²) >= 11 is 3.50. The van der Waals surface area contributed by atoms with E-state index in [4.69, 9.17) is 10.5 Å². The first-order chi connectivity index (χ1) is 8.56. The van der Waals surface area contributed by atoms with Gasteiger partial charge in [-0.15, -0.1) is 0 Å². The standard InChI is InChI=1S/C14H23BrN2O/c1-11(6-7-16)9-17(2)10-12-8-13(15)4-5-14(12)18-3/h4-5,8,11H,6-7,9-10,16H2,1-3H3. The van der Waals surface area contributed by atoms with E-state index in [1.165, 1.54) is 5.56 Å². The minimum absolute atomic E-state index is 0.623. The van der Waals surface area contributed by atoms with E-state index in [1.54, 1.807) is 7.11 Å². The van der Waals surface area contributed by atoms with Crippen LogP contribution in [0.3, 0.4) is 0 Å². The molecule has 0 aliphatic carbocycles. The van der Waals surface area contributed by atoms with Gasteiger partial charge < -0.3 is 15.4 Å². The Labute approximate surface area is 118 Å². The van der Waals surface area contributed by atoms with Gasteiger partial charge in [-0.2, -0.15) is 0 Å². The second-order valence-electron chi connectivity index (χ2n) is 4.84. The number of nitrogens with two attached hydrogens (primary N) is 1. The predicted octanol–water partition coefficient (Wildman–Crippen LogP) is 2.87. The third-order valence-corrected chi connectivity index (χ3v) is 3.46. The first-order valence-corrected chi connectivity index (χ1v) is 7.07. The van der Waals surface area contributed by atoms with E-state index in [-0.39, 0.29) is 0 Å². The molecule has 0 fully saturated rings. The van der Waals surface area contributed by atoms with Crippen LogP contribution in [0, 0.1) is 5.92 Å². The number of methoxy groups -OCH3 is 1. The maximum Gasteiger partial charge on any atom is 0.123 e. The molecule has 102 valence electrons. The highest BCUT2D eigenvalue weighted by Crippen LogP contribution is 2.24. The summed E-state index contributed by atoms with van der Waals surface area (Å²) in [6.07, 6.45) is 1.07. The second kappa shape index (κ2) is 7.77. The van der Waals surface area contributed by atoms with E-state index in [1.807, 2.05) is 12.1 Å². The molecule has 0 spiro atoms. The van der Waals surface area contributed by atoms with Gasteiger partial charge in [0.2, 0.25) is 0 Å². The average molecular weight is 315 g/mol. The number of ether oxygens (including phenoxy) is 1. The first kappa shape index (κ1) is 15.5. The Balaban J connectivity index is 2.63. The van der Waals surface area contributed by atoms with Gasteiger partial charge in [0, 0.05) is 23.1 Å². The number of benzene rings is 1. The number of rotatable bonds is 7. The van der Waals surface area contributed by atoms with Crippen molar-refractivity contribution in [1.29, 1.82) is 0 Å². The summed E-state index contributed by atoms with van der Waals surface area (Å²) < 4.78 is 6.47. The van der Waals surface area contributed by atoms with E-state index in [2.05, 4.69) is 40.9 Å². The van der Waals surface area contributed by atoms with Gasteiger partial charge in [0.05, 0.1) is 7.11 Å². The average Bonchev–Trinajstić information content (AvgIpc) is 2.29. The summed E-state index contributed by atoms with van der Waals surface area (Å²) in [5.74, 6) is 1.56. The van der Waals surface area contributed by atoms with E-state index in [0.717, 1.165) is 36.3 Å². The molecule has 0 aromatic heterocycles. The Hall–Kier alpha value is -0.580. The van der Waals surface area contributed by atoms with Crippen LogP contribution in [0.2, 0.25) is 0 Å². The van der Waals surface area contributed by atoms with Crippen LogP contribution >= 0.6 is 15.9 Å². The predicted molar refractivity (Wildman–Crippen MR) is 79.9 cm³/mol. The smallest absolute Gasteiger partial charge is 0.123 e. The largest absolute Gasteiger partial charge is 0.496 e. The molecule has 1 atom stereocenters. The van der Waals surface area contributed by atoms with Crippen LogP contribution in [-0.2, 0) is 6.54 Å². The molecule has 4 heteroatoms. The van der Waals surface area contributed by atoms with E-state index in [9.17, 15) is 0 Å². The Morgan fingerprint density at radius 1 is 1.44 bits per heavy atom. The molecule has 1 rings (SSSR count). The van der Waals surface area contributed by atoms with Crippen LogP contribution in [0.5, 0.6) is 5.75 Å². The van der Waals surface area contributed by atoms with Crippen LogP contribution in [0.1, 0.15) is 18.9 Å². The van der Waals surface area contributed by atoms with Crippen molar-refractivity contribution < 1.29 is 4.74 Å². The first-order valence-electron chi connectivity index (χ1n) is 6.27. The molecular weight excluding hydrogens is 292 g/mol. The number of hydrogen-bond acceptors (Lipinski definition) is 3. The lowest BCUT2D eigenvalue weighted by Crippen LogP contribution is -2.25. The maximum absolute atomic E-state index is 5.58. The van der Waals surface area contributed by atoms with Crippen molar-refractivity contribution in [2.75, 3.05) is 27.2 Å². The molecule has 0 heterocycles. The van der Waals surface area contributed by atoms with E-state index in [0.29, 0.717) is 5.92 Å². The number of nitrogens with zero attached hydrogens (tertiary/aromatic N) is 1. The van der Waals surface area contributed by atoms with Crippen LogP contribution in [-0.4, -0.2) is 32.1 Å². The maximum atomic E-state index is 5.58. The fourth-order valence-corrected chi connectivity index (χ4v) is 2.54. The lowest BCUT2D eigenvalue weighted by molar-refractivity contribution is 0.268. The monoisotopic (exact) mass is 314 g/mol. The molecule has 0 saturated heterocycles. The van der Waals surface area contributed by atoms with Gasteiger partial charge in [-0.25, -0.2) is 0 Å². The van der Waals surface area contributed by atoms with Crippen molar-refractivity contribution in [1.82, 2.24) is 4.90 Å². The van der Waals surface area contributed by atoms with Crippen LogP contribution in [0.4, 0.5) is 0 Å². The zero-order valence-electron chi connectivity index (χ0n) is 11.4. The van der Waals surface area contributed by atoms with Gasteiger partial charge in [-0.05, 0) is 44.1 Å². The topological polar surface area (TPSA) is 38.5 Å². The lowest BCUT2D eigenvalue weighted by Gasteiger charge is -2.22. The van der Waals surface area contributed by atoms with Crippen LogP contribution in [0.25, 0.3) is 0 Å². The molecule has 0 saturated carbocycles. The number of hydrogen-bond donors (Lipinski definition) is 1. The highest BCUT2D eigenvalue weighted by molar-refractivity contribution is 9.10. The summed E-state index contributed by atoms with van der Waals surface area (Å²) in [5.41, 5.74) is 6.78. The summed E-state index contributed by atoms with van der Waals surface area (Å²) in [7, 11) is 3.84. The van der Waals surface area contributed by atoms with Gasteiger partial charge in [-0.3, -0.25) is 0 Å². The van der Waals surface area contributed by atoms with Crippen molar-refractivity contribution >= 4 is 15.9 Å². The Morgan fingerprint density at radius 2 is 2.17 bits per heavy atom. The lowest BCUT2D eigenvalue weighted by atomic mass is 10.1. The highest BCUT2D eigenvalue weighted by Gasteiger charge is 2.10. The quantitative estimate of drug-likeness (QED) is 0.841. The molecule has 1 unspecified atom stereocenters. The van der Waals surface area contributed by atoms with Crippen molar-refractivity contribution in [2.24, 2.45) is 11.7 Å². The molecule has 0 bridgehead atoms.